The van der Waals surface area contributed by atoms with Crippen molar-refractivity contribution in [3.63, 3.8) is 0 Å². The first-order chi connectivity index (χ1) is 15.1. The lowest BCUT2D eigenvalue weighted by Gasteiger charge is -2.25. The number of carbonyl (C=O) groups is 2. The molecule has 0 saturated heterocycles. The summed E-state index contributed by atoms with van der Waals surface area (Å²) < 4.78 is 0.994. The molecule has 1 heterocycles. The number of fused-ring (bicyclic) bond motifs is 1. The summed E-state index contributed by atoms with van der Waals surface area (Å²) in [6.07, 6.45) is 2.48. The van der Waals surface area contributed by atoms with Gasteiger partial charge < -0.3 is 5.11 Å². The maximum atomic E-state index is 13.1. The minimum Gasteiger partial charge on any atom is -0.481 e. The lowest BCUT2D eigenvalue weighted by molar-refractivity contribution is -0.145. The number of carbonyl (C=O) groups excluding carboxylic acids is 1. The van der Waals surface area contributed by atoms with Crippen molar-refractivity contribution >= 4 is 45.9 Å². The number of imidazole rings is 1. The first-order valence-corrected chi connectivity index (χ1v) is 12.0. The molecule has 0 spiro atoms. The number of Topliss-reactive ketones (excluding diaryl/α,β-unsaturated/α-hetero) is 1. The lowest BCUT2D eigenvalue weighted by atomic mass is 9.88. The molecule has 2 aromatic carbocycles. The quantitative estimate of drug-likeness (QED) is 0.363. The minimum atomic E-state index is -0.943. The number of aryl methyl sites for hydroxylation is 1. The van der Waals surface area contributed by atoms with E-state index in [0.717, 1.165) is 22.9 Å². The summed E-state index contributed by atoms with van der Waals surface area (Å²) in [4.78, 5) is 29.2. The molecule has 170 valence electrons. The van der Waals surface area contributed by atoms with Gasteiger partial charge >= 0.3 is 5.97 Å². The predicted molar refractivity (Wildman–Crippen MR) is 131 cm³/mol. The molecule has 0 aliphatic carbocycles. The number of carboxylic acids is 1. The number of carboxylic acid groups (broad SMARTS) is 1. The van der Waals surface area contributed by atoms with E-state index in [-0.39, 0.29) is 18.1 Å². The summed E-state index contributed by atoms with van der Waals surface area (Å²) in [5.74, 6) is -1.91. The Balaban J connectivity index is 1.99. The monoisotopic (exact) mass is 472 g/mol. The number of rotatable bonds is 9. The van der Waals surface area contributed by atoms with E-state index in [1.165, 1.54) is 17.3 Å². The molecule has 0 bridgehead atoms. The van der Waals surface area contributed by atoms with Gasteiger partial charge in [0.1, 0.15) is 10.9 Å². The molecule has 1 aromatic heterocycles. The van der Waals surface area contributed by atoms with E-state index in [2.05, 4.69) is 30.1 Å². The summed E-state index contributed by atoms with van der Waals surface area (Å²) in [6.45, 7) is 9.39. The molecular weight excluding hydrogens is 444 g/mol. The third kappa shape index (κ3) is 4.86. The number of aromatic nitrogens is 2. The molecule has 7 heteroatoms. The maximum absolute atomic E-state index is 13.1. The molecule has 1 N–H and O–H groups in total. The molecule has 0 aliphatic heterocycles. The number of hydrogen-bond donors (Lipinski definition) is 1. The Morgan fingerprint density at radius 3 is 2.41 bits per heavy atom. The van der Waals surface area contributed by atoms with Crippen LogP contribution in [0.3, 0.4) is 0 Å². The first-order valence-electron chi connectivity index (χ1n) is 10.8. The second-order valence-corrected chi connectivity index (χ2v) is 10.7. The molecule has 1 atom stereocenters. The largest absolute Gasteiger partial charge is 0.481 e. The number of ketones is 1. The van der Waals surface area contributed by atoms with E-state index >= 15 is 0 Å². The number of benzene rings is 2. The van der Waals surface area contributed by atoms with E-state index in [4.69, 9.17) is 11.6 Å². The van der Waals surface area contributed by atoms with Gasteiger partial charge in [-0.05, 0) is 43.2 Å². The van der Waals surface area contributed by atoms with Gasteiger partial charge in [-0.25, -0.2) is 4.98 Å². The smallest absolute Gasteiger partial charge is 0.307 e. The van der Waals surface area contributed by atoms with Crippen molar-refractivity contribution in [2.75, 3.05) is 0 Å². The van der Waals surface area contributed by atoms with Crippen molar-refractivity contribution in [2.24, 2.45) is 11.8 Å². The zero-order valence-corrected chi connectivity index (χ0v) is 20.6. The zero-order valence-electron chi connectivity index (χ0n) is 19.1. The molecule has 0 radical (unpaired) electrons. The van der Waals surface area contributed by atoms with E-state index < -0.39 is 16.6 Å². The summed E-state index contributed by atoms with van der Waals surface area (Å²) in [5.41, 5.74) is 2.15. The number of nitrogens with zero attached hydrogens (tertiary/aromatic N) is 2. The predicted octanol–water partition coefficient (Wildman–Crippen LogP) is 6.43. The Hall–Kier alpha value is -2.31. The zero-order chi connectivity index (χ0) is 23.6. The van der Waals surface area contributed by atoms with E-state index in [0.29, 0.717) is 10.3 Å². The molecular formula is C25H29ClN2O3S. The number of hydrogen-bond acceptors (Lipinski definition) is 4. The first kappa shape index (κ1) is 24.3. The van der Waals surface area contributed by atoms with Gasteiger partial charge in [-0.1, -0.05) is 74.5 Å². The van der Waals surface area contributed by atoms with Gasteiger partial charge in [-0.15, -0.1) is 0 Å². The Bertz CT molecular complexity index is 1150. The highest BCUT2D eigenvalue weighted by molar-refractivity contribution is 8.01. The molecule has 5 nitrogen and oxygen atoms in total. The normalized spacial score (nSPS) is 13.0. The average Bonchev–Trinajstić information content (AvgIpc) is 3.09. The van der Waals surface area contributed by atoms with Crippen LogP contribution in [0, 0.1) is 11.8 Å². The third-order valence-corrected chi connectivity index (χ3v) is 7.32. The summed E-state index contributed by atoms with van der Waals surface area (Å²) in [7, 11) is 0. The van der Waals surface area contributed by atoms with Crippen molar-refractivity contribution in [3.8, 4) is 5.69 Å². The molecule has 3 rings (SSSR count). The maximum Gasteiger partial charge on any atom is 0.307 e. The van der Waals surface area contributed by atoms with Crippen molar-refractivity contribution in [1.29, 1.82) is 0 Å². The second kappa shape index (κ2) is 9.67. The summed E-state index contributed by atoms with van der Waals surface area (Å²) in [5, 5.41) is 12.8. The van der Waals surface area contributed by atoms with Gasteiger partial charge in [0.05, 0.1) is 22.5 Å². The number of aliphatic carboxylic acids is 1. The molecule has 1 unspecified atom stereocenters. The van der Waals surface area contributed by atoms with Gasteiger partial charge in [0.25, 0.3) is 0 Å². The van der Waals surface area contributed by atoms with E-state index in [1.54, 1.807) is 6.20 Å². The minimum absolute atomic E-state index is 0.0183. The van der Waals surface area contributed by atoms with Gasteiger partial charge in [0.15, 0.2) is 5.16 Å². The van der Waals surface area contributed by atoms with Crippen LogP contribution < -0.4 is 0 Å². The molecule has 32 heavy (non-hydrogen) atoms. The molecule has 0 saturated carbocycles. The molecule has 3 aromatic rings. The Kier molecular flexibility index (Phi) is 7.36. The second-order valence-electron chi connectivity index (χ2n) is 8.77. The Labute approximate surface area is 198 Å². The highest BCUT2D eigenvalue weighted by Gasteiger charge is 2.35. The average molecular weight is 473 g/mol. The van der Waals surface area contributed by atoms with Gasteiger partial charge in [0.2, 0.25) is 0 Å². The SMILES string of the molecule is CCc1ccc(-n2c(Cl)cnc2SC(C)(C)C(=O)CC(C(=O)O)C(C)C)c2ccccc12. The number of halogens is 1. The van der Waals surface area contributed by atoms with Crippen molar-refractivity contribution in [2.45, 2.75) is 57.4 Å². The van der Waals surface area contributed by atoms with Crippen LogP contribution in [0.5, 0.6) is 0 Å². The van der Waals surface area contributed by atoms with Crippen molar-refractivity contribution in [3.05, 3.63) is 53.3 Å². The fraction of sp³-hybridized carbons (Fsp3) is 0.400. The summed E-state index contributed by atoms with van der Waals surface area (Å²) in [6, 6.07) is 12.3. The van der Waals surface area contributed by atoms with Gasteiger partial charge in [0, 0.05) is 11.8 Å². The van der Waals surface area contributed by atoms with Gasteiger partial charge in [-0.3, -0.25) is 14.2 Å². The van der Waals surface area contributed by atoms with Gasteiger partial charge in [-0.2, -0.15) is 0 Å². The highest BCUT2D eigenvalue weighted by Crippen LogP contribution is 2.39. The van der Waals surface area contributed by atoms with Crippen LogP contribution in [0.25, 0.3) is 16.5 Å². The third-order valence-electron chi connectivity index (χ3n) is 5.84. The van der Waals surface area contributed by atoms with Crippen molar-refractivity contribution in [1.82, 2.24) is 9.55 Å². The lowest BCUT2D eigenvalue weighted by Crippen LogP contribution is -2.33. The summed E-state index contributed by atoms with van der Waals surface area (Å²) >= 11 is 7.86. The fourth-order valence-corrected chi connectivity index (χ4v) is 5.11. The van der Waals surface area contributed by atoms with E-state index in [9.17, 15) is 14.7 Å². The van der Waals surface area contributed by atoms with Crippen LogP contribution in [0.1, 0.15) is 46.6 Å². The standard InChI is InChI=1S/C25H29ClN2O3S/c1-6-16-11-12-20(18-10-8-7-9-17(16)18)28-22(26)14-27-24(28)32-25(4,5)21(29)13-19(15(2)3)23(30)31/h7-12,14-15,19H,6,13H2,1-5H3,(H,30,31). The highest BCUT2D eigenvalue weighted by atomic mass is 35.5. The molecule has 0 fully saturated rings. The topological polar surface area (TPSA) is 72.2 Å². The van der Waals surface area contributed by atoms with Crippen LogP contribution in [0.2, 0.25) is 5.15 Å². The molecule has 0 amide bonds. The number of thioether (sulfide) groups is 1. The van der Waals surface area contributed by atoms with E-state index in [1.807, 2.05) is 50.5 Å². The Morgan fingerprint density at radius 2 is 1.81 bits per heavy atom. The molecule has 0 aliphatic rings. The fourth-order valence-electron chi connectivity index (χ4n) is 3.79. The van der Waals surface area contributed by atoms with Crippen molar-refractivity contribution < 1.29 is 14.7 Å². The van der Waals surface area contributed by atoms with Crippen LogP contribution in [-0.4, -0.2) is 31.2 Å². The van der Waals surface area contributed by atoms with Crippen LogP contribution >= 0.6 is 23.4 Å². The van der Waals surface area contributed by atoms with Crippen LogP contribution in [0.15, 0.2) is 47.8 Å². The van der Waals surface area contributed by atoms with Crippen LogP contribution in [-0.2, 0) is 16.0 Å². The van der Waals surface area contributed by atoms with Crippen LogP contribution in [0.4, 0.5) is 0 Å². The Morgan fingerprint density at radius 1 is 1.16 bits per heavy atom.